The Bertz CT molecular complexity index is 655. The Morgan fingerprint density at radius 2 is 2.38 bits per heavy atom. The van der Waals surface area contributed by atoms with Gasteiger partial charge >= 0.3 is 0 Å². The number of imidazole rings is 1. The summed E-state index contributed by atoms with van der Waals surface area (Å²) in [4.78, 5) is 16.3. The Labute approximate surface area is 127 Å². The first kappa shape index (κ1) is 15.7. The number of hydrogen-bond acceptors (Lipinski definition) is 4. The molecule has 0 aliphatic carbocycles. The number of ether oxygens (including phenoxy) is 1. The monoisotopic (exact) mass is 314 g/mol. The number of halogens is 2. The third-order valence-corrected chi connectivity index (χ3v) is 3.30. The number of nitrogens with one attached hydrogen (secondary N) is 2. The molecular weight excluding hydrogens is 299 g/mol. The van der Waals surface area contributed by atoms with Gasteiger partial charge in [-0.15, -0.1) is 12.4 Å². The molecule has 1 aromatic carbocycles. The maximum Gasteiger partial charge on any atom is 0.257 e. The number of fused-ring (bicyclic) bond motifs is 1. The average molecular weight is 315 g/mol. The second kappa shape index (κ2) is 6.38. The van der Waals surface area contributed by atoms with Crippen LogP contribution in [0.3, 0.4) is 0 Å². The molecule has 0 radical (unpaired) electrons. The molecule has 2 heterocycles. The van der Waals surface area contributed by atoms with Crippen molar-refractivity contribution in [3.05, 3.63) is 24.0 Å². The second-order valence-corrected chi connectivity index (χ2v) is 4.68. The van der Waals surface area contributed by atoms with Gasteiger partial charge in [0.05, 0.1) is 17.6 Å². The topological polar surface area (TPSA) is 68.2 Å². The van der Waals surface area contributed by atoms with Gasteiger partial charge in [-0.2, -0.15) is 0 Å². The minimum Gasteiger partial charge on any atom is -0.366 e. The number of morpholine rings is 1. The Kier molecular flexibility index (Phi) is 4.76. The zero-order chi connectivity index (χ0) is 14.1. The highest BCUT2D eigenvalue weighted by Gasteiger charge is 2.23. The van der Waals surface area contributed by atoms with Crippen molar-refractivity contribution in [2.24, 2.45) is 7.05 Å². The van der Waals surface area contributed by atoms with Crippen molar-refractivity contribution in [3.8, 4) is 0 Å². The average Bonchev–Trinajstić information content (AvgIpc) is 2.75. The first-order valence-corrected chi connectivity index (χ1v) is 6.40. The molecule has 1 amide bonds. The molecule has 2 N–H and O–H groups in total. The van der Waals surface area contributed by atoms with Gasteiger partial charge in [0.2, 0.25) is 5.95 Å². The van der Waals surface area contributed by atoms with Gasteiger partial charge in [0.15, 0.2) is 0 Å². The van der Waals surface area contributed by atoms with Crippen LogP contribution in [-0.4, -0.2) is 41.3 Å². The van der Waals surface area contributed by atoms with Crippen LogP contribution in [0, 0.1) is 5.82 Å². The minimum atomic E-state index is -0.528. The highest BCUT2D eigenvalue weighted by Crippen LogP contribution is 2.19. The Balaban J connectivity index is 0.00000161. The zero-order valence-electron chi connectivity index (χ0n) is 11.4. The molecule has 8 heteroatoms. The minimum absolute atomic E-state index is 0. The summed E-state index contributed by atoms with van der Waals surface area (Å²) in [6, 6.07) is 4.33. The zero-order valence-corrected chi connectivity index (χ0v) is 12.2. The van der Waals surface area contributed by atoms with E-state index < -0.39 is 6.10 Å². The van der Waals surface area contributed by atoms with Crippen LogP contribution in [0.5, 0.6) is 0 Å². The largest absolute Gasteiger partial charge is 0.366 e. The first-order chi connectivity index (χ1) is 9.65. The van der Waals surface area contributed by atoms with Gasteiger partial charge in [0.1, 0.15) is 11.9 Å². The Morgan fingerprint density at radius 1 is 1.57 bits per heavy atom. The third kappa shape index (κ3) is 3.15. The standard InChI is InChI=1S/C13H15FN4O2.ClH/c1-18-10-3-2-8(14)6-9(10)16-13(18)17-12(19)11-7-15-4-5-20-11;/h2-3,6,11,15H,4-5,7H2,1H3,(H,16,17,19);1H. The van der Waals surface area contributed by atoms with Crippen LogP contribution in [-0.2, 0) is 16.6 Å². The van der Waals surface area contributed by atoms with Crippen LogP contribution < -0.4 is 10.6 Å². The van der Waals surface area contributed by atoms with Gasteiger partial charge in [-0.05, 0) is 12.1 Å². The third-order valence-electron chi connectivity index (χ3n) is 3.30. The summed E-state index contributed by atoms with van der Waals surface area (Å²) < 4.78 is 20.3. The fourth-order valence-corrected chi connectivity index (χ4v) is 2.21. The van der Waals surface area contributed by atoms with Crippen LogP contribution in [0.25, 0.3) is 11.0 Å². The number of amides is 1. The Morgan fingerprint density at radius 3 is 3.10 bits per heavy atom. The summed E-state index contributed by atoms with van der Waals surface area (Å²) in [6.45, 7) is 1.73. The van der Waals surface area contributed by atoms with Gasteiger partial charge in [0, 0.05) is 26.2 Å². The summed E-state index contributed by atoms with van der Waals surface area (Å²) >= 11 is 0. The van der Waals surface area contributed by atoms with Gasteiger partial charge in [-0.25, -0.2) is 9.37 Å². The molecule has 1 atom stereocenters. The molecule has 3 rings (SSSR count). The lowest BCUT2D eigenvalue weighted by molar-refractivity contribution is -0.128. The highest BCUT2D eigenvalue weighted by molar-refractivity contribution is 5.94. The lowest BCUT2D eigenvalue weighted by Gasteiger charge is -2.22. The summed E-state index contributed by atoms with van der Waals surface area (Å²) in [5.74, 6) is -0.228. The van der Waals surface area contributed by atoms with Crippen LogP contribution in [0.1, 0.15) is 0 Å². The van der Waals surface area contributed by atoms with E-state index in [0.29, 0.717) is 24.6 Å². The van der Waals surface area contributed by atoms with Crippen molar-refractivity contribution in [3.63, 3.8) is 0 Å². The molecule has 6 nitrogen and oxygen atoms in total. The number of carbonyl (C=O) groups is 1. The van der Waals surface area contributed by atoms with E-state index in [2.05, 4.69) is 15.6 Å². The first-order valence-electron chi connectivity index (χ1n) is 6.40. The summed E-state index contributed by atoms with van der Waals surface area (Å²) in [5.41, 5.74) is 1.26. The highest BCUT2D eigenvalue weighted by atomic mass is 35.5. The molecule has 0 spiro atoms. The molecule has 1 aliphatic heterocycles. The molecule has 114 valence electrons. The van der Waals surface area contributed by atoms with E-state index in [1.807, 2.05) is 0 Å². The Hall–Kier alpha value is -1.70. The van der Waals surface area contributed by atoms with Crippen molar-refractivity contribution in [2.45, 2.75) is 6.10 Å². The van der Waals surface area contributed by atoms with E-state index >= 15 is 0 Å². The van der Waals surface area contributed by atoms with Crippen LogP contribution in [0.4, 0.5) is 10.3 Å². The SMILES string of the molecule is Cl.Cn1c(NC(=O)C2CNCCO2)nc2cc(F)ccc21. The second-order valence-electron chi connectivity index (χ2n) is 4.68. The van der Waals surface area contributed by atoms with Gasteiger partial charge < -0.3 is 14.6 Å². The number of nitrogens with zero attached hydrogens (tertiary/aromatic N) is 2. The number of hydrogen-bond donors (Lipinski definition) is 2. The molecular formula is C13H16ClFN4O2. The maximum absolute atomic E-state index is 13.2. The van der Waals surface area contributed by atoms with E-state index in [-0.39, 0.29) is 24.1 Å². The van der Waals surface area contributed by atoms with E-state index in [9.17, 15) is 9.18 Å². The fourth-order valence-electron chi connectivity index (χ4n) is 2.21. The van der Waals surface area contributed by atoms with Crippen molar-refractivity contribution in [2.75, 3.05) is 25.0 Å². The van der Waals surface area contributed by atoms with Crippen LogP contribution in [0.2, 0.25) is 0 Å². The lowest BCUT2D eigenvalue weighted by Crippen LogP contribution is -2.45. The predicted octanol–water partition coefficient (Wildman–Crippen LogP) is 1.06. The number of aryl methyl sites for hydroxylation is 1. The number of rotatable bonds is 2. The van der Waals surface area contributed by atoms with Crippen molar-refractivity contribution in [1.82, 2.24) is 14.9 Å². The van der Waals surface area contributed by atoms with Crippen molar-refractivity contribution < 1.29 is 13.9 Å². The molecule has 0 bridgehead atoms. The molecule has 1 aliphatic rings. The van der Waals surface area contributed by atoms with Gasteiger partial charge in [-0.3, -0.25) is 10.1 Å². The molecule has 1 fully saturated rings. The van der Waals surface area contributed by atoms with E-state index in [1.54, 1.807) is 17.7 Å². The molecule has 1 aromatic heterocycles. The predicted molar refractivity (Wildman–Crippen MR) is 79.2 cm³/mol. The quantitative estimate of drug-likeness (QED) is 0.870. The van der Waals surface area contributed by atoms with Crippen molar-refractivity contribution >= 4 is 35.3 Å². The molecule has 21 heavy (non-hydrogen) atoms. The number of benzene rings is 1. The maximum atomic E-state index is 13.2. The molecule has 2 aromatic rings. The van der Waals surface area contributed by atoms with Crippen LogP contribution >= 0.6 is 12.4 Å². The normalized spacial score (nSPS) is 18.3. The number of anilines is 1. The smallest absolute Gasteiger partial charge is 0.257 e. The summed E-state index contributed by atoms with van der Waals surface area (Å²) in [5, 5.41) is 5.80. The molecule has 0 saturated carbocycles. The van der Waals surface area contributed by atoms with Crippen LogP contribution in [0.15, 0.2) is 18.2 Å². The van der Waals surface area contributed by atoms with E-state index in [0.717, 1.165) is 12.1 Å². The van der Waals surface area contributed by atoms with E-state index in [4.69, 9.17) is 4.74 Å². The number of carbonyl (C=O) groups excluding carboxylic acids is 1. The molecule has 1 saturated heterocycles. The summed E-state index contributed by atoms with van der Waals surface area (Å²) in [6.07, 6.45) is -0.528. The van der Waals surface area contributed by atoms with Gasteiger partial charge in [-0.1, -0.05) is 0 Å². The fraction of sp³-hybridized carbons (Fsp3) is 0.385. The lowest BCUT2D eigenvalue weighted by atomic mass is 10.3. The summed E-state index contributed by atoms with van der Waals surface area (Å²) in [7, 11) is 1.77. The van der Waals surface area contributed by atoms with Gasteiger partial charge in [0.25, 0.3) is 5.91 Å². The van der Waals surface area contributed by atoms with E-state index in [1.165, 1.54) is 12.1 Å². The number of aromatic nitrogens is 2. The van der Waals surface area contributed by atoms with Crippen molar-refractivity contribution in [1.29, 1.82) is 0 Å². The molecule has 1 unspecified atom stereocenters.